The van der Waals surface area contributed by atoms with Crippen LogP contribution in [0.2, 0.25) is 0 Å². The Labute approximate surface area is 115 Å². The van der Waals surface area contributed by atoms with Crippen LogP contribution in [0.15, 0.2) is 41.3 Å². The lowest BCUT2D eigenvalue weighted by atomic mass is 10.2. The molecule has 0 atom stereocenters. The molecule has 0 bridgehead atoms. The zero-order valence-electron chi connectivity index (χ0n) is 10.7. The molecule has 0 saturated heterocycles. The Hall–Kier alpha value is -2.83. The number of hydrogen-bond acceptors (Lipinski definition) is 6. The molecule has 0 radical (unpaired) electrons. The van der Waals surface area contributed by atoms with Gasteiger partial charge in [0.2, 0.25) is 0 Å². The highest BCUT2D eigenvalue weighted by atomic mass is 16.6. The highest BCUT2D eigenvalue weighted by molar-refractivity contribution is 5.71. The van der Waals surface area contributed by atoms with E-state index < -0.39 is 6.09 Å². The van der Waals surface area contributed by atoms with Crippen LogP contribution >= 0.6 is 0 Å². The molecule has 7 heteroatoms. The maximum absolute atomic E-state index is 11.4. The summed E-state index contributed by atoms with van der Waals surface area (Å²) in [6.45, 7) is 3.97. The van der Waals surface area contributed by atoms with Gasteiger partial charge in [0.1, 0.15) is 0 Å². The number of rotatable bonds is 5. The number of nitrogen functional groups attached to an aromatic ring is 1. The Morgan fingerprint density at radius 2 is 2.25 bits per heavy atom. The van der Waals surface area contributed by atoms with Crippen LogP contribution in [-0.2, 0) is 0 Å². The van der Waals surface area contributed by atoms with Crippen molar-refractivity contribution in [2.75, 3.05) is 12.3 Å². The van der Waals surface area contributed by atoms with Crippen LogP contribution in [0.25, 0.3) is 11.5 Å². The van der Waals surface area contributed by atoms with Crippen LogP contribution in [0.3, 0.4) is 0 Å². The van der Waals surface area contributed by atoms with E-state index in [1.807, 2.05) is 0 Å². The zero-order chi connectivity index (χ0) is 14.4. The van der Waals surface area contributed by atoms with Gasteiger partial charge in [0, 0.05) is 12.2 Å². The molecule has 1 aromatic heterocycles. The summed E-state index contributed by atoms with van der Waals surface area (Å²) in [7, 11) is 0. The number of nitrogens with two attached hydrogens (primary N) is 1. The highest BCUT2D eigenvalue weighted by Crippen LogP contribution is 2.25. The van der Waals surface area contributed by atoms with Crippen LogP contribution in [0.4, 0.5) is 10.5 Å². The molecule has 7 nitrogen and oxygen atoms in total. The van der Waals surface area contributed by atoms with Gasteiger partial charge >= 0.3 is 12.2 Å². The summed E-state index contributed by atoms with van der Waals surface area (Å²) in [6.07, 6.45) is 1.43. The maximum Gasteiger partial charge on any atom is 0.424 e. The normalized spacial score (nSPS) is 10.0. The van der Waals surface area contributed by atoms with Gasteiger partial charge in [0.05, 0.1) is 5.56 Å². The number of nitrogens with zero attached hydrogens (tertiary/aromatic N) is 2. The van der Waals surface area contributed by atoms with Crippen LogP contribution < -0.4 is 15.8 Å². The molecule has 0 aliphatic heterocycles. The highest BCUT2D eigenvalue weighted by Gasteiger charge is 2.14. The van der Waals surface area contributed by atoms with E-state index in [0.29, 0.717) is 24.2 Å². The van der Waals surface area contributed by atoms with Crippen LogP contribution in [0, 0.1) is 0 Å². The molecule has 0 aliphatic carbocycles. The lowest BCUT2D eigenvalue weighted by Crippen LogP contribution is -2.27. The molecule has 1 aromatic carbocycles. The first-order valence-electron chi connectivity index (χ1n) is 5.95. The average Bonchev–Trinajstić information content (AvgIpc) is 2.88. The number of hydrogen-bond donors (Lipinski definition) is 2. The fraction of sp³-hybridized carbons (Fsp3) is 0.154. The second kappa shape index (κ2) is 6.37. The largest absolute Gasteiger partial charge is 0.424 e. The van der Waals surface area contributed by atoms with E-state index in [1.165, 1.54) is 0 Å². The molecule has 0 aliphatic rings. The quantitative estimate of drug-likeness (QED) is 0.491. The molecular formula is C13H14N4O3. The Kier molecular flexibility index (Phi) is 4.33. The van der Waals surface area contributed by atoms with Gasteiger partial charge in [-0.2, -0.15) is 0 Å². The molecule has 0 fully saturated rings. The summed E-state index contributed by atoms with van der Waals surface area (Å²) in [6, 6.07) is 7.02. The van der Waals surface area contributed by atoms with Gasteiger partial charge in [-0.15, -0.1) is 11.7 Å². The lowest BCUT2D eigenvalue weighted by molar-refractivity contribution is 0.185. The fourth-order valence-corrected chi connectivity index (χ4v) is 1.44. The minimum atomic E-state index is -0.664. The van der Waals surface area contributed by atoms with Crippen molar-refractivity contribution in [2.24, 2.45) is 0 Å². The summed E-state index contributed by atoms with van der Waals surface area (Å²) in [5.41, 5.74) is 6.87. The predicted molar refractivity (Wildman–Crippen MR) is 73.0 cm³/mol. The lowest BCUT2D eigenvalue weighted by Gasteiger charge is -2.01. The molecule has 3 N–H and O–H groups in total. The monoisotopic (exact) mass is 274 g/mol. The van der Waals surface area contributed by atoms with Crippen molar-refractivity contribution >= 4 is 11.8 Å². The Balaban J connectivity index is 2.01. The van der Waals surface area contributed by atoms with Gasteiger partial charge in [-0.1, -0.05) is 23.3 Å². The van der Waals surface area contributed by atoms with Gasteiger partial charge in [0.25, 0.3) is 5.89 Å². The van der Waals surface area contributed by atoms with Crippen molar-refractivity contribution in [2.45, 2.75) is 6.42 Å². The summed E-state index contributed by atoms with van der Waals surface area (Å²) in [5.74, 6) is 0.192. The van der Waals surface area contributed by atoms with Crippen molar-refractivity contribution in [3.05, 3.63) is 36.9 Å². The van der Waals surface area contributed by atoms with Crippen LogP contribution in [0.5, 0.6) is 6.08 Å². The summed E-state index contributed by atoms with van der Waals surface area (Å²) < 4.78 is 10.1. The van der Waals surface area contributed by atoms with Crippen molar-refractivity contribution < 1.29 is 13.9 Å². The number of anilines is 1. The number of nitrogens with one attached hydrogen (secondary N) is 1. The summed E-state index contributed by atoms with van der Waals surface area (Å²) in [4.78, 5) is 11.4. The van der Waals surface area contributed by atoms with E-state index in [4.69, 9.17) is 14.9 Å². The molecule has 0 unspecified atom stereocenters. The van der Waals surface area contributed by atoms with E-state index in [9.17, 15) is 4.79 Å². The molecule has 20 heavy (non-hydrogen) atoms. The molecule has 0 spiro atoms. The first-order valence-corrected chi connectivity index (χ1v) is 5.95. The number of aromatic nitrogens is 2. The second-order valence-corrected chi connectivity index (χ2v) is 3.85. The molecular weight excluding hydrogens is 260 g/mol. The molecule has 1 amide bonds. The van der Waals surface area contributed by atoms with E-state index >= 15 is 0 Å². The number of ether oxygens (including phenoxy) is 1. The zero-order valence-corrected chi connectivity index (χ0v) is 10.7. The van der Waals surface area contributed by atoms with Crippen molar-refractivity contribution in [3.8, 4) is 17.5 Å². The minimum Gasteiger partial charge on any atom is -0.398 e. The third kappa shape index (κ3) is 3.35. The third-order valence-electron chi connectivity index (χ3n) is 2.40. The minimum absolute atomic E-state index is 0.192. The SMILES string of the molecule is C=CCCNC(=O)Oc1nnc(-c2ccccc2N)o1. The molecule has 0 saturated carbocycles. The van der Waals surface area contributed by atoms with Gasteiger partial charge in [-0.3, -0.25) is 0 Å². The standard InChI is InChI=1S/C13H14N4O3/c1-2-3-8-15-12(18)20-13-17-16-11(19-13)9-6-4-5-7-10(9)14/h2,4-7H,1,3,8,14H2,(H,15,18). The first-order chi connectivity index (χ1) is 9.70. The van der Waals surface area contributed by atoms with Gasteiger partial charge in [-0.05, 0) is 18.6 Å². The third-order valence-corrected chi connectivity index (χ3v) is 2.40. The molecule has 2 rings (SSSR count). The first kappa shape index (κ1) is 13.6. The van der Waals surface area contributed by atoms with E-state index in [1.54, 1.807) is 30.3 Å². The topological polar surface area (TPSA) is 103 Å². The maximum atomic E-state index is 11.4. The second-order valence-electron chi connectivity index (χ2n) is 3.85. The molecule has 2 aromatic rings. The van der Waals surface area contributed by atoms with Crippen LogP contribution in [0.1, 0.15) is 6.42 Å². The average molecular weight is 274 g/mol. The van der Waals surface area contributed by atoms with E-state index in [0.717, 1.165) is 0 Å². The van der Waals surface area contributed by atoms with Gasteiger partial charge in [-0.25, -0.2) is 4.79 Å². The Morgan fingerprint density at radius 1 is 1.45 bits per heavy atom. The molecule has 104 valence electrons. The number of benzene rings is 1. The Bertz CT molecular complexity index is 609. The number of para-hydroxylation sites is 1. The molecule has 1 heterocycles. The van der Waals surface area contributed by atoms with Crippen molar-refractivity contribution in [1.82, 2.24) is 15.5 Å². The Morgan fingerprint density at radius 3 is 3.00 bits per heavy atom. The van der Waals surface area contributed by atoms with Crippen molar-refractivity contribution in [1.29, 1.82) is 0 Å². The number of carbonyl (C=O) groups is 1. The predicted octanol–water partition coefficient (Wildman–Crippen LogP) is 1.98. The van der Waals surface area contributed by atoms with E-state index in [-0.39, 0.29) is 12.0 Å². The smallest absolute Gasteiger partial charge is 0.398 e. The number of carbonyl (C=O) groups excluding carboxylic acids is 1. The van der Waals surface area contributed by atoms with Crippen LogP contribution in [-0.4, -0.2) is 22.8 Å². The van der Waals surface area contributed by atoms with Crippen molar-refractivity contribution in [3.63, 3.8) is 0 Å². The van der Waals surface area contributed by atoms with E-state index in [2.05, 4.69) is 22.1 Å². The van der Waals surface area contributed by atoms with Gasteiger partial charge in [0.15, 0.2) is 0 Å². The number of amides is 1. The summed E-state index contributed by atoms with van der Waals surface area (Å²) >= 11 is 0. The van der Waals surface area contributed by atoms with Gasteiger partial charge < -0.3 is 20.2 Å². The fourth-order valence-electron chi connectivity index (χ4n) is 1.44. The summed E-state index contributed by atoms with van der Waals surface area (Å²) in [5, 5.41) is 9.91.